The lowest BCUT2D eigenvalue weighted by Crippen LogP contribution is -2.40. The molecular formula is C12H22BrNOS. The van der Waals surface area contributed by atoms with Gasteiger partial charge in [0.1, 0.15) is 0 Å². The zero-order valence-electron chi connectivity index (χ0n) is 10.2. The van der Waals surface area contributed by atoms with E-state index in [9.17, 15) is 4.79 Å². The summed E-state index contributed by atoms with van der Waals surface area (Å²) in [6.45, 7) is 5.20. The predicted molar refractivity (Wildman–Crippen MR) is 75.3 cm³/mol. The molecule has 1 fully saturated rings. The van der Waals surface area contributed by atoms with E-state index in [4.69, 9.17) is 0 Å². The number of carbonyl (C=O) groups excluding carboxylic acids is 1. The van der Waals surface area contributed by atoms with Crippen LogP contribution in [0.25, 0.3) is 0 Å². The number of nitrogens with one attached hydrogen (secondary N) is 1. The lowest BCUT2D eigenvalue weighted by atomic mass is 9.84. The molecule has 94 valence electrons. The molecule has 1 N–H and O–H groups in total. The summed E-state index contributed by atoms with van der Waals surface area (Å²) >= 11 is 5.46. The number of hydrogen-bond acceptors (Lipinski definition) is 2. The van der Waals surface area contributed by atoms with Crippen LogP contribution in [0.5, 0.6) is 0 Å². The third kappa shape index (κ3) is 3.66. The maximum Gasteiger partial charge on any atom is 0.223 e. The Morgan fingerprint density at radius 2 is 2.19 bits per heavy atom. The highest BCUT2D eigenvalue weighted by Crippen LogP contribution is 2.28. The molecule has 1 unspecified atom stereocenters. The lowest BCUT2D eigenvalue weighted by molar-refractivity contribution is -0.124. The second kappa shape index (κ2) is 6.90. The van der Waals surface area contributed by atoms with Gasteiger partial charge in [-0.3, -0.25) is 4.79 Å². The molecule has 1 atom stereocenters. The maximum atomic E-state index is 11.9. The first-order valence-electron chi connectivity index (χ1n) is 6.09. The van der Waals surface area contributed by atoms with E-state index in [-0.39, 0.29) is 17.2 Å². The van der Waals surface area contributed by atoms with E-state index in [1.54, 1.807) is 0 Å². The number of amides is 1. The van der Waals surface area contributed by atoms with Crippen LogP contribution in [-0.2, 0) is 4.79 Å². The normalized spacial score (nSPS) is 21.1. The smallest absolute Gasteiger partial charge is 0.223 e. The standard InChI is InChI=1S/C12H22BrNOS/c1-3-12(4-2,8-13)9-14-11(15)10-5-6-16-7-10/h10H,3-9H2,1-2H3,(H,14,15). The van der Waals surface area contributed by atoms with Crippen LogP contribution >= 0.6 is 27.7 Å². The monoisotopic (exact) mass is 307 g/mol. The maximum absolute atomic E-state index is 11.9. The molecule has 16 heavy (non-hydrogen) atoms. The Kier molecular flexibility index (Phi) is 6.19. The van der Waals surface area contributed by atoms with Crippen LogP contribution in [0.4, 0.5) is 0 Å². The summed E-state index contributed by atoms with van der Waals surface area (Å²) in [4.78, 5) is 11.9. The molecule has 0 aliphatic carbocycles. The lowest BCUT2D eigenvalue weighted by Gasteiger charge is -2.30. The highest BCUT2D eigenvalue weighted by molar-refractivity contribution is 9.09. The van der Waals surface area contributed by atoms with Crippen LogP contribution in [0, 0.1) is 11.3 Å². The Labute approximate surface area is 111 Å². The number of thioether (sulfide) groups is 1. The van der Waals surface area contributed by atoms with Gasteiger partial charge in [0, 0.05) is 23.5 Å². The van der Waals surface area contributed by atoms with Gasteiger partial charge >= 0.3 is 0 Å². The molecule has 1 aliphatic heterocycles. The minimum absolute atomic E-state index is 0.238. The first-order valence-corrected chi connectivity index (χ1v) is 8.36. The van der Waals surface area contributed by atoms with Crippen molar-refractivity contribution in [3.63, 3.8) is 0 Å². The van der Waals surface area contributed by atoms with Crippen molar-refractivity contribution >= 4 is 33.6 Å². The van der Waals surface area contributed by atoms with Gasteiger partial charge in [0.25, 0.3) is 0 Å². The Morgan fingerprint density at radius 1 is 1.50 bits per heavy atom. The predicted octanol–water partition coefficient (Wildman–Crippen LogP) is 3.06. The summed E-state index contributed by atoms with van der Waals surface area (Å²) < 4.78 is 0. The number of rotatable bonds is 6. The molecule has 4 heteroatoms. The fourth-order valence-electron chi connectivity index (χ4n) is 1.90. The van der Waals surface area contributed by atoms with Gasteiger partial charge < -0.3 is 5.32 Å². The molecule has 0 radical (unpaired) electrons. The largest absolute Gasteiger partial charge is 0.355 e. The number of halogens is 1. The number of carbonyl (C=O) groups is 1. The topological polar surface area (TPSA) is 29.1 Å². The molecule has 1 heterocycles. The molecule has 1 aliphatic rings. The van der Waals surface area contributed by atoms with Gasteiger partial charge in [-0.05, 0) is 30.4 Å². The average molecular weight is 308 g/mol. The van der Waals surface area contributed by atoms with E-state index in [0.717, 1.165) is 42.6 Å². The van der Waals surface area contributed by atoms with Crippen LogP contribution in [0.2, 0.25) is 0 Å². The van der Waals surface area contributed by atoms with E-state index < -0.39 is 0 Å². The van der Waals surface area contributed by atoms with Crippen molar-refractivity contribution in [1.82, 2.24) is 5.32 Å². The van der Waals surface area contributed by atoms with Gasteiger partial charge in [-0.2, -0.15) is 11.8 Å². The molecule has 1 saturated heterocycles. The van der Waals surface area contributed by atoms with Gasteiger partial charge in [0.15, 0.2) is 0 Å². The van der Waals surface area contributed by atoms with Gasteiger partial charge in [-0.1, -0.05) is 29.8 Å². The molecule has 0 saturated carbocycles. The van der Waals surface area contributed by atoms with E-state index in [1.165, 1.54) is 0 Å². The molecule has 0 aromatic heterocycles. The van der Waals surface area contributed by atoms with Gasteiger partial charge in [-0.25, -0.2) is 0 Å². The minimum atomic E-state index is 0.238. The molecule has 2 nitrogen and oxygen atoms in total. The average Bonchev–Trinajstić information content (AvgIpc) is 2.85. The van der Waals surface area contributed by atoms with E-state index in [0.29, 0.717) is 0 Å². The van der Waals surface area contributed by atoms with Crippen LogP contribution in [0.3, 0.4) is 0 Å². The van der Waals surface area contributed by atoms with Crippen molar-refractivity contribution < 1.29 is 4.79 Å². The van der Waals surface area contributed by atoms with E-state index in [1.807, 2.05) is 11.8 Å². The first kappa shape index (κ1) is 14.4. The number of alkyl halides is 1. The van der Waals surface area contributed by atoms with Gasteiger partial charge in [-0.15, -0.1) is 0 Å². The van der Waals surface area contributed by atoms with Gasteiger partial charge in [0.2, 0.25) is 5.91 Å². The second-order valence-electron chi connectivity index (χ2n) is 4.62. The highest BCUT2D eigenvalue weighted by Gasteiger charge is 2.28. The molecule has 0 aromatic rings. The van der Waals surface area contributed by atoms with Crippen LogP contribution in [0.15, 0.2) is 0 Å². The third-order valence-corrected chi connectivity index (χ3v) is 6.07. The summed E-state index contributed by atoms with van der Waals surface area (Å²) in [5, 5.41) is 4.10. The van der Waals surface area contributed by atoms with Gasteiger partial charge in [0.05, 0.1) is 0 Å². The molecular weight excluding hydrogens is 286 g/mol. The quantitative estimate of drug-likeness (QED) is 0.764. The van der Waals surface area contributed by atoms with E-state index in [2.05, 4.69) is 35.1 Å². The Balaban J connectivity index is 2.39. The van der Waals surface area contributed by atoms with Crippen molar-refractivity contribution in [1.29, 1.82) is 0 Å². The Hall–Kier alpha value is 0.300. The van der Waals surface area contributed by atoms with Crippen molar-refractivity contribution in [2.75, 3.05) is 23.4 Å². The zero-order chi connectivity index (χ0) is 12.0. The zero-order valence-corrected chi connectivity index (χ0v) is 12.6. The summed E-state index contributed by atoms with van der Waals surface area (Å²) in [7, 11) is 0. The number of hydrogen-bond donors (Lipinski definition) is 1. The molecule has 0 spiro atoms. The van der Waals surface area contributed by atoms with Crippen molar-refractivity contribution in [2.24, 2.45) is 11.3 Å². The molecule has 1 rings (SSSR count). The third-order valence-electron chi connectivity index (χ3n) is 3.72. The minimum Gasteiger partial charge on any atom is -0.355 e. The van der Waals surface area contributed by atoms with Crippen LogP contribution < -0.4 is 5.32 Å². The highest BCUT2D eigenvalue weighted by atomic mass is 79.9. The fraction of sp³-hybridized carbons (Fsp3) is 0.917. The summed E-state index contributed by atoms with van der Waals surface area (Å²) in [6.07, 6.45) is 3.26. The fourth-order valence-corrected chi connectivity index (χ4v) is 4.11. The summed E-state index contributed by atoms with van der Waals surface area (Å²) in [6, 6.07) is 0. The second-order valence-corrected chi connectivity index (χ2v) is 6.33. The van der Waals surface area contributed by atoms with Crippen LogP contribution in [-0.4, -0.2) is 29.3 Å². The molecule has 0 bridgehead atoms. The van der Waals surface area contributed by atoms with Crippen molar-refractivity contribution in [3.8, 4) is 0 Å². The Bertz CT molecular complexity index is 217. The van der Waals surface area contributed by atoms with E-state index >= 15 is 0 Å². The SMILES string of the molecule is CCC(CC)(CBr)CNC(=O)C1CCSC1. The first-order chi connectivity index (χ1) is 7.67. The Morgan fingerprint density at radius 3 is 2.62 bits per heavy atom. The van der Waals surface area contributed by atoms with Crippen LogP contribution in [0.1, 0.15) is 33.1 Å². The van der Waals surface area contributed by atoms with Crippen molar-refractivity contribution in [2.45, 2.75) is 33.1 Å². The van der Waals surface area contributed by atoms with Crippen molar-refractivity contribution in [3.05, 3.63) is 0 Å². The summed E-state index contributed by atoms with van der Waals surface area (Å²) in [5.74, 6) is 2.67. The summed E-state index contributed by atoms with van der Waals surface area (Å²) in [5.41, 5.74) is 0.238. The molecule has 1 amide bonds. The molecule has 0 aromatic carbocycles.